The molecule has 0 bridgehead atoms. The third kappa shape index (κ3) is 5.55. The Morgan fingerprint density at radius 1 is 1.21 bits per heavy atom. The molecule has 0 fully saturated rings. The van der Waals surface area contributed by atoms with Crippen molar-refractivity contribution in [3.8, 4) is 0 Å². The smallest absolute Gasteiger partial charge is 0.303 e. The van der Waals surface area contributed by atoms with Gasteiger partial charge < -0.3 is 10.0 Å². The molecule has 1 rings (SSSR count). The molecule has 0 aliphatic carbocycles. The molecule has 1 aromatic carbocycles. The molecule has 4 heteroatoms. The van der Waals surface area contributed by atoms with Crippen molar-refractivity contribution in [2.45, 2.75) is 33.2 Å². The summed E-state index contributed by atoms with van der Waals surface area (Å²) in [6.45, 7) is 4.94. The molecule has 1 N–H and O–H groups in total. The molecule has 0 spiro atoms. The van der Waals surface area contributed by atoms with Crippen molar-refractivity contribution in [2.75, 3.05) is 6.54 Å². The van der Waals surface area contributed by atoms with Gasteiger partial charge in [-0.05, 0) is 18.4 Å². The molecule has 4 nitrogen and oxygen atoms in total. The second kappa shape index (κ2) is 7.56. The van der Waals surface area contributed by atoms with E-state index in [9.17, 15) is 9.59 Å². The van der Waals surface area contributed by atoms with E-state index in [0.29, 0.717) is 13.1 Å². The van der Waals surface area contributed by atoms with E-state index in [4.69, 9.17) is 5.11 Å². The van der Waals surface area contributed by atoms with Crippen LogP contribution < -0.4 is 0 Å². The molecule has 1 atom stereocenters. The van der Waals surface area contributed by atoms with Gasteiger partial charge >= 0.3 is 5.97 Å². The molecule has 0 heterocycles. The summed E-state index contributed by atoms with van der Waals surface area (Å²) >= 11 is 0. The van der Waals surface area contributed by atoms with Gasteiger partial charge in [0, 0.05) is 25.9 Å². The van der Waals surface area contributed by atoms with Crippen molar-refractivity contribution in [1.29, 1.82) is 0 Å². The van der Waals surface area contributed by atoms with Gasteiger partial charge in [0.05, 0.1) is 0 Å². The first-order chi connectivity index (χ1) is 9.02. The highest BCUT2D eigenvalue weighted by Gasteiger charge is 2.17. The monoisotopic (exact) mass is 263 g/mol. The first-order valence-corrected chi connectivity index (χ1v) is 6.56. The summed E-state index contributed by atoms with van der Waals surface area (Å²) in [5.41, 5.74) is 1.09. The lowest BCUT2D eigenvalue weighted by Gasteiger charge is -2.22. The minimum atomic E-state index is -0.855. The molecule has 0 saturated carbocycles. The maximum atomic E-state index is 12.1. The molecule has 1 aromatic rings. The van der Waals surface area contributed by atoms with Crippen molar-refractivity contribution in [1.82, 2.24) is 4.90 Å². The molecule has 0 aliphatic rings. The number of carboxylic acids is 1. The number of carbonyl (C=O) groups excluding carboxylic acids is 1. The number of benzene rings is 1. The number of carbonyl (C=O) groups is 2. The van der Waals surface area contributed by atoms with Crippen LogP contribution in [0.4, 0.5) is 0 Å². The van der Waals surface area contributed by atoms with E-state index < -0.39 is 5.97 Å². The van der Waals surface area contributed by atoms with Crippen LogP contribution >= 0.6 is 0 Å². The van der Waals surface area contributed by atoms with E-state index in [1.54, 1.807) is 11.8 Å². The molecule has 0 aromatic heterocycles. The Balaban J connectivity index is 2.54. The largest absolute Gasteiger partial charge is 0.481 e. The van der Waals surface area contributed by atoms with E-state index in [-0.39, 0.29) is 24.7 Å². The van der Waals surface area contributed by atoms with Gasteiger partial charge in [-0.2, -0.15) is 0 Å². The fraction of sp³-hybridized carbons (Fsp3) is 0.467. The summed E-state index contributed by atoms with van der Waals surface area (Å²) in [6.07, 6.45) is 0.321. The summed E-state index contributed by atoms with van der Waals surface area (Å²) in [4.78, 5) is 24.5. The van der Waals surface area contributed by atoms with Crippen LogP contribution in [0.5, 0.6) is 0 Å². The molecule has 0 saturated heterocycles. The quantitative estimate of drug-likeness (QED) is 0.822. The highest BCUT2D eigenvalue weighted by atomic mass is 16.4. The van der Waals surface area contributed by atoms with Gasteiger partial charge in [-0.25, -0.2) is 0 Å². The lowest BCUT2D eigenvalue weighted by molar-refractivity contribution is -0.138. The lowest BCUT2D eigenvalue weighted by atomic mass is 10.0. The Labute approximate surface area is 114 Å². The zero-order chi connectivity index (χ0) is 14.3. The average Bonchev–Trinajstić information content (AvgIpc) is 2.35. The molecule has 1 unspecified atom stereocenters. The molecular weight excluding hydrogens is 242 g/mol. The summed E-state index contributed by atoms with van der Waals surface area (Å²) < 4.78 is 0. The molecule has 0 aliphatic heterocycles. The average molecular weight is 263 g/mol. The Kier molecular flexibility index (Phi) is 6.06. The van der Waals surface area contributed by atoms with Crippen LogP contribution in [-0.4, -0.2) is 28.4 Å². The van der Waals surface area contributed by atoms with Crippen molar-refractivity contribution in [3.05, 3.63) is 35.9 Å². The highest BCUT2D eigenvalue weighted by Crippen LogP contribution is 2.12. The summed E-state index contributed by atoms with van der Waals surface area (Å²) in [5, 5.41) is 8.70. The van der Waals surface area contributed by atoms with Gasteiger partial charge in [0.2, 0.25) is 5.91 Å². The summed E-state index contributed by atoms with van der Waals surface area (Å²) in [6, 6.07) is 9.80. The maximum absolute atomic E-state index is 12.1. The molecule has 1 amide bonds. The zero-order valence-corrected chi connectivity index (χ0v) is 11.5. The minimum Gasteiger partial charge on any atom is -0.481 e. The van der Waals surface area contributed by atoms with Crippen LogP contribution in [0.2, 0.25) is 0 Å². The molecule has 19 heavy (non-hydrogen) atoms. The van der Waals surface area contributed by atoms with E-state index in [1.165, 1.54) is 0 Å². The first kappa shape index (κ1) is 15.2. The number of hydrogen-bond donors (Lipinski definition) is 1. The number of hydrogen-bond acceptors (Lipinski definition) is 2. The first-order valence-electron chi connectivity index (χ1n) is 6.56. The molecular formula is C15H21NO3. The highest BCUT2D eigenvalue weighted by molar-refractivity contribution is 5.77. The van der Waals surface area contributed by atoms with Crippen molar-refractivity contribution in [3.63, 3.8) is 0 Å². The number of carboxylic acid groups (broad SMARTS) is 1. The van der Waals surface area contributed by atoms with Crippen molar-refractivity contribution in [2.24, 2.45) is 5.92 Å². The van der Waals surface area contributed by atoms with Crippen LogP contribution in [0.1, 0.15) is 32.3 Å². The van der Waals surface area contributed by atoms with Crippen LogP contribution in [0, 0.1) is 5.92 Å². The number of aliphatic carboxylic acids is 1. The van der Waals surface area contributed by atoms with Gasteiger partial charge in [-0.1, -0.05) is 37.3 Å². The topological polar surface area (TPSA) is 57.6 Å². The van der Waals surface area contributed by atoms with Gasteiger partial charge in [0.1, 0.15) is 0 Å². The molecule has 0 radical (unpaired) electrons. The van der Waals surface area contributed by atoms with Crippen LogP contribution in [0.3, 0.4) is 0 Å². The fourth-order valence-electron chi connectivity index (χ4n) is 1.98. The van der Waals surface area contributed by atoms with Crippen molar-refractivity contribution >= 4 is 11.9 Å². The number of rotatable bonds is 7. The van der Waals surface area contributed by atoms with E-state index >= 15 is 0 Å². The predicted molar refractivity (Wildman–Crippen MR) is 73.6 cm³/mol. The van der Waals surface area contributed by atoms with Crippen LogP contribution in [0.25, 0.3) is 0 Å². The van der Waals surface area contributed by atoms with E-state index in [1.807, 2.05) is 37.3 Å². The Morgan fingerprint density at radius 2 is 1.84 bits per heavy atom. The van der Waals surface area contributed by atoms with Crippen LogP contribution in [-0.2, 0) is 16.1 Å². The van der Waals surface area contributed by atoms with Gasteiger partial charge in [-0.15, -0.1) is 0 Å². The maximum Gasteiger partial charge on any atom is 0.303 e. The third-order valence-electron chi connectivity index (χ3n) is 3.00. The van der Waals surface area contributed by atoms with Crippen molar-refractivity contribution < 1.29 is 14.7 Å². The second-order valence-electron chi connectivity index (χ2n) is 4.80. The minimum absolute atomic E-state index is 0.0140. The second-order valence-corrected chi connectivity index (χ2v) is 4.80. The summed E-state index contributed by atoms with van der Waals surface area (Å²) in [5.74, 6) is -0.971. The lowest BCUT2D eigenvalue weighted by Crippen LogP contribution is -2.31. The normalized spacial score (nSPS) is 11.9. The van der Waals surface area contributed by atoms with Gasteiger partial charge in [0.15, 0.2) is 0 Å². The predicted octanol–water partition coefficient (Wildman–Crippen LogP) is 2.54. The number of amides is 1. The Morgan fingerprint density at radius 3 is 2.37 bits per heavy atom. The van der Waals surface area contributed by atoms with Gasteiger partial charge in [0.25, 0.3) is 0 Å². The SMILES string of the molecule is CCN(Cc1ccccc1)C(=O)CC(C)CC(=O)O. The van der Waals surface area contributed by atoms with Crippen LogP contribution in [0.15, 0.2) is 30.3 Å². The van der Waals surface area contributed by atoms with E-state index in [0.717, 1.165) is 5.56 Å². The Bertz CT molecular complexity index is 417. The fourth-order valence-corrected chi connectivity index (χ4v) is 1.98. The van der Waals surface area contributed by atoms with Gasteiger partial charge in [-0.3, -0.25) is 9.59 Å². The Hall–Kier alpha value is -1.84. The van der Waals surface area contributed by atoms with E-state index in [2.05, 4.69) is 0 Å². The number of nitrogens with zero attached hydrogens (tertiary/aromatic N) is 1. The third-order valence-corrected chi connectivity index (χ3v) is 3.00. The zero-order valence-electron chi connectivity index (χ0n) is 11.5. The summed E-state index contributed by atoms with van der Waals surface area (Å²) in [7, 11) is 0. The molecule has 104 valence electrons. The standard InChI is InChI=1S/C15H21NO3/c1-3-16(11-13-7-5-4-6-8-13)14(17)9-12(2)10-15(18)19/h4-8,12H,3,9-11H2,1-2H3,(H,18,19).